The van der Waals surface area contributed by atoms with E-state index in [1.54, 1.807) is 11.1 Å². The maximum Gasteiger partial charge on any atom is 0.394 e. The second-order valence-electron chi connectivity index (χ2n) is 6.50. The van der Waals surface area contributed by atoms with Gasteiger partial charge in [-0.2, -0.15) is 8.42 Å². The summed E-state index contributed by atoms with van der Waals surface area (Å²) >= 11 is 1.41. The number of likely N-dealkylation sites (tertiary alicyclic amines) is 1. The van der Waals surface area contributed by atoms with Crippen molar-refractivity contribution in [1.29, 1.82) is 0 Å². The van der Waals surface area contributed by atoms with Crippen LogP contribution in [0.1, 0.15) is 84.0 Å². The third kappa shape index (κ3) is 26.3. The molecular weight excluding hydrogens is 365 g/mol. The molecule has 6 nitrogen and oxygen atoms in total. The Hall–Kier alpha value is 0.0800. The molecule has 8 heteroatoms. The first-order valence-electron chi connectivity index (χ1n) is 9.88. The van der Waals surface area contributed by atoms with Gasteiger partial charge in [0.15, 0.2) is 0 Å². The van der Waals surface area contributed by atoms with Crippen LogP contribution >= 0.6 is 0 Å². The van der Waals surface area contributed by atoms with Gasteiger partial charge in [0.1, 0.15) is 0 Å². The zero-order valence-corrected chi connectivity index (χ0v) is 19.5. The largest absolute Gasteiger partial charge is 0.394 e. The Morgan fingerprint density at radius 2 is 1.46 bits per heavy atom. The van der Waals surface area contributed by atoms with Gasteiger partial charge in [0.05, 0.1) is 0 Å². The number of rotatable bonds is 11. The van der Waals surface area contributed by atoms with Crippen LogP contribution in [0.15, 0.2) is 12.8 Å². The van der Waals surface area contributed by atoms with Crippen LogP contribution in [0.5, 0.6) is 0 Å². The van der Waals surface area contributed by atoms with Crippen molar-refractivity contribution in [3.63, 3.8) is 0 Å². The average Bonchev–Trinajstić information content (AvgIpc) is 2.98. The molecule has 1 aliphatic rings. The van der Waals surface area contributed by atoms with Crippen LogP contribution in [-0.2, 0) is 15.2 Å². The van der Waals surface area contributed by atoms with Crippen LogP contribution in [0.2, 0.25) is 3.67 Å². The number of unbranched alkanes of at least 4 members (excludes halogenated alkanes) is 9. The first-order valence-corrected chi connectivity index (χ1v) is 12.7. The van der Waals surface area contributed by atoms with Crippen LogP contribution in [0.25, 0.3) is 0 Å². The van der Waals surface area contributed by atoms with E-state index < -0.39 is 10.4 Å². The predicted octanol–water partition coefficient (Wildman–Crippen LogP) is 4.59. The normalized spacial score (nSPS) is 13.6. The van der Waals surface area contributed by atoms with Crippen LogP contribution in [0.3, 0.4) is 0 Å². The molecule has 0 aromatic rings. The molecule has 0 bridgehead atoms. The van der Waals surface area contributed by atoms with Crippen molar-refractivity contribution in [3.8, 4) is 0 Å². The summed E-state index contributed by atoms with van der Waals surface area (Å²) in [5.74, 6) is 0.208. The van der Waals surface area contributed by atoms with Crippen molar-refractivity contribution in [2.75, 3.05) is 6.54 Å². The summed E-state index contributed by atoms with van der Waals surface area (Å²) in [5, 5.41) is 0. The van der Waals surface area contributed by atoms with Gasteiger partial charge in [-0.3, -0.25) is 13.9 Å². The number of carbonyl (C=O) groups is 1. The fraction of sp³-hybridized carbons (Fsp3) is 0.833. The van der Waals surface area contributed by atoms with E-state index in [-0.39, 0.29) is 5.91 Å². The summed E-state index contributed by atoms with van der Waals surface area (Å²) in [6.07, 6.45) is 18.0. The van der Waals surface area contributed by atoms with Gasteiger partial charge in [0, 0.05) is 13.0 Å². The van der Waals surface area contributed by atoms with Crippen molar-refractivity contribution >= 4 is 44.2 Å². The molecule has 0 aliphatic carbocycles. The molecule has 0 aromatic carbocycles. The Labute approximate surface area is 177 Å². The molecule has 2 N–H and O–H groups in total. The van der Waals surface area contributed by atoms with E-state index in [2.05, 4.69) is 13.5 Å². The van der Waals surface area contributed by atoms with Crippen LogP contribution in [0.4, 0.5) is 0 Å². The van der Waals surface area contributed by atoms with Gasteiger partial charge in [-0.05, 0) is 12.6 Å². The Morgan fingerprint density at radius 1 is 1.04 bits per heavy atom. The zero-order chi connectivity index (χ0) is 20.3. The molecule has 1 rings (SSSR count). The Kier molecular flexibility index (Phi) is 21.6. The molecule has 0 radical (unpaired) electrons. The van der Waals surface area contributed by atoms with Gasteiger partial charge >= 0.3 is 113 Å². The smallest absolute Gasteiger partial charge is 0.264 e. The Morgan fingerprint density at radius 3 is 1.73 bits per heavy atom. The summed E-state index contributed by atoms with van der Waals surface area (Å²) in [6.45, 7) is 6.65. The first-order chi connectivity index (χ1) is 12.3. The van der Waals surface area contributed by atoms with Gasteiger partial charge in [-0.25, -0.2) is 0 Å². The standard InChI is InChI=1S/C12H25.C6H9NO.Na.H2O4S/c1-3-5-7-9-11-12-10-8-6-4-2;1-2-7-5-3-4-6(7)8;;1-5(2,3)4/h1,3-12H2,2H3;2H,1,3-5H2;;(H2,1,2,3,4). The van der Waals surface area contributed by atoms with Gasteiger partial charge in [0.2, 0.25) is 5.91 Å². The van der Waals surface area contributed by atoms with Crippen LogP contribution in [-0.4, -0.2) is 62.8 Å². The van der Waals surface area contributed by atoms with E-state index in [4.69, 9.17) is 17.5 Å². The molecule has 1 amide bonds. The first kappa shape index (κ1) is 28.3. The summed E-state index contributed by atoms with van der Waals surface area (Å²) in [7, 11) is -4.67. The van der Waals surface area contributed by atoms with Crippen molar-refractivity contribution in [1.82, 2.24) is 4.90 Å². The maximum absolute atomic E-state index is 10.7. The van der Waals surface area contributed by atoms with Crippen molar-refractivity contribution in [2.45, 2.75) is 87.6 Å². The second kappa shape index (κ2) is 19.8. The topological polar surface area (TPSA) is 94.9 Å². The second-order valence-corrected chi connectivity index (χ2v) is 8.40. The minimum atomic E-state index is -4.67. The monoisotopic (exact) mass is 401 g/mol. The number of hydrogen-bond donors (Lipinski definition) is 2. The van der Waals surface area contributed by atoms with Crippen LogP contribution in [0, 0.1) is 0 Å². The van der Waals surface area contributed by atoms with Crippen LogP contribution < -0.4 is 0 Å². The van der Waals surface area contributed by atoms with E-state index >= 15 is 0 Å². The van der Waals surface area contributed by atoms with Gasteiger partial charge < -0.3 is 4.90 Å². The predicted molar refractivity (Wildman–Crippen MR) is 108 cm³/mol. The fourth-order valence-electron chi connectivity index (χ4n) is 2.60. The number of nitrogens with zero attached hydrogens (tertiary/aromatic N) is 1. The summed E-state index contributed by atoms with van der Waals surface area (Å²) in [6, 6.07) is 0. The number of hydrogen-bond acceptors (Lipinski definition) is 3. The minimum Gasteiger partial charge on any atom is -0.264 e. The van der Waals surface area contributed by atoms with Gasteiger partial charge in [-0.15, -0.1) is 0 Å². The van der Waals surface area contributed by atoms with Gasteiger partial charge in [0.25, 0.3) is 0 Å². The van der Waals surface area contributed by atoms with Gasteiger partial charge in [-0.1, -0.05) is 6.58 Å². The fourth-order valence-corrected chi connectivity index (χ4v) is 3.10. The van der Waals surface area contributed by atoms with E-state index in [1.807, 2.05) is 0 Å². The molecule has 1 saturated heterocycles. The molecule has 0 aromatic heterocycles. The van der Waals surface area contributed by atoms with E-state index in [9.17, 15) is 4.79 Å². The third-order valence-electron chi connectivity index (χ3n) is 4.04. The molecular formula is C18H36NNaO5S. The van der Waals surface area contributed by atoms with Crippen molar-refractivity contribution in [2.24, 2.45) is 0 Å². The Bertz CT molecular complexity index is 425. The number of carbonyl (C=O) groups excluding carboxylic acids is 1. The third-order valence-corrected chi connectivity index (χ3v) is 4.74. The number of amides is 1. The minimum absolute atomic E-state index is 0.208. The molecule has 0 spiro atoms. The summed E-state index contributed by atoms with van der Waals surface area (Å²) in [4.78, 5) is 12.3. The van der Waals surface area contributed by atoms with Crippen molar-refractivity contribution < 1.29 is 22.3 Å². The van der Waals surface area contributed by atoms with E-state index in [0.29, 0.717) is 6.42 Å². The summed E-state index contributed by atoms with van der Waals surface area (Å²) in [5.41, 5.74) is 0. The van der Waals surface area contributed by atoms with E-state index in [0.717, 1.165) is 13.0 Å². The molecule has 0 unspecified atom stereocenters. The Balaban J connectivity index is 0. The molecule has 1 aliphatic heterocycles. The zero-order valence-electron chi connectivity index (χ0n) is 16.7. The average molecular weight is 402 g/mol. The molecule has 0 atom stereocenters. The molecule has 1 heterocycles. The molecule has 26 heavy (non-hydrogen) atoms. The molecule has 1 fully saturated rings. The molecule has 150 valence electrons. The SMILES string of the molecule is C=CN1CCCC1=O.CCCCCCCCCCC[CH2][Na].O=S(=O)(O)O. The van der Waals surface area contributed by atoms with E-state index in [1.165, 1.54) is 95.8 Å². The summed E-state index contributed by atoms with van der Waals surface area (Å²) < 4.78 is 33.1. The maximum atomic E-state index is 10.7. The van der Waals surface area contributed by atoms with Crippen molar-refractivity contribution in [3.05, 3.63) is 12.8 Å². The quantitative estimate of drug-likeness (QED) is 0.300. The molecule has 0 saturated carbocycles.